The largest absolute Gasteiger partial charge is 0.478 e. The molecule has 0 aliphatic rings. The van der Waals surface area contributed by atoms with Crippen molar-refractivity contribution in [1.82, 2.24) is 0 Å². The number of carbonyl (C=O) groups excluding carboxylic acids is 1. The lowest BCUT2D eigenvalue weighted by Crippen LogP contribution is -2.10. The lowest BCUT2D eigenvalue weighted by Gasteiger charge is -2.14. The molecule has 0 saturated heterocycles. The van der Waals surface area contributed by atoms with Crippen molar-refractivity contribution in [3.8, 4) is 23.0 Å². The fourth-order valence-electron chi connectivity index (χ4n) is 3.79. The molecule has 40 heavy (non-hydrogen) atoms. The monoisotopic (exact) mass is 542 g/mol. The number of hydrogen-bond acceptors (Lipinski definition) is 7. The van der Waals surface area contributed by atoms with Crippen LogP contribution in [0, 0.1) is 0 Å². The van der Waals surface area contributed by atoms with Crippen molar-refractivity contribution in [2.75, 3.05) is 0 Å². The first-order chi connectivity index (χ1) is 19.1. The van der Waals surface area contributed by atoms with Gasteiger partial charge in [0, 0.05) is 5.56 Å². The van der Waals surface area contributed by atoms with Crippen molar-refractivity contribution in [3.63, 3.8) is 0 Å². The summed E-state index contributed by atoms with van der Waals surface area (Å²) in [5.41, 5.74) is -1.61. The quantitative estimate of drug-likeness (QED) is 0.191. The van der Waals surface area contributed by atoms with Crippen LogP contribution in [0.15, 0.2) is 84.9 Å². The van der Waals surface area contributed by atoms with Crippen LogP contribution in [-0.4, -0.2) is 50.1 Å². The predicted octanol–water partition coefficient (Wildman–Crippen LogP) is 5.30. The zero-order chi connectivity index (χ0) is 29.0. The Hall–Kier alpha value is -5.97. The van der Waals surface area contributed by atoms with Crippen molar-refractivity contribution < 1.29 is 53.9 Å². The van der Waals surface area contributed by atoms with Crippen LogP contribution >= 0.6 is 0 Å². The van der Waals surface area contributed by atoms with Gasteiger partial charge in [0.2, 0.25) is 0 Å². The Morgan fingerprint density at radius 1 is 0.475 bits per heavy atom. The van der Waals surface area contributed by atoms with Crippen molar-refractivity contribution in [2.45, 2.75) is 0 Å². The van der Waals surface area contributed by atoms with Gasteiger partial charge in [-0.2, -0.15) is 0 Å². The Morgan fingerprint density at radius 2 is 1.05 bits per heavy atom. The van der Waals surface area contributed by atoms with Crippen LogP contribution in [0.4, 0.5) is 0 Å². The third-order valence-electron chi connectivity index (χ3n) is 5.63. The summed E-state index contributed by atoms with van der Waals surface area (Å²) in [7, 11) is 0. The molecule has 0 aliphatic carbocycles. The summed E-state index contributed by atoms with van der Waals surface area (Å²) in [6, 6.07) is 19.0. The number of ketones is 1. The highest BCUT2D eigenvalue weighted by atomic mass is 16.5. The number of carboxylic acids is 4. The van der Waals surface area contributed by atoms with Crippen LogP contribution in [0.1, 0.15) is 57.4 Å². The van der Waals surface area contributed by atoms with Gasteiger partial charge < -0.3 is 29.9 Å². The molecule has 0 spiro atoms. The minimum absolute atomic E-state index is 0.00224. The summed E-state index contributed by atoms with van der Waals surface area (Å²) in [5.74, 6) is -6.25. The highest BCUT2D eigenvalue weighted by Gasteiger charge is 2.23. The summed E-state index contributed by atoms with van der Waals surface area (Å²) >= 11 is 0. The molecule has 0 radical (unpaired) electrons. The molecular weight excluding hydrogens is 524 g/mol. The van der Waals surface area contributed by atoms with Crippen LogP contribution in [0.5, 0.6) is 23.0 Å². The van der Waals surface area contributed by atoms with Crippen LogP contribution in [0.25, 0.3) is 0 Å². The van der Waals surface area contributed by atoms with E-state index in [9.17, 15) is 39.3 Å². The van der Waals surface area contributed by atoms with Gasteiger partial charge in [0.15, 0.2) is 5.78 Å². The van der Waals surface area contributed by atoms with E-state index in [1.807, 2.05) is 0 Å². The van der Waals surface area contributed by atoms with E-state index in [1.54, 1.807) is 12.1 Å². The van der Waals surface area contributed by atoms with Crippen LogP contribution in [0.2, 0.25) is 0 Å². The number of aromatic carboxylic acids is 4. The molecule has 0 unspecified atom stereocenters. The first-order valence-electron chi connectivity index (χ1n) is 11.4. The van der Waals surface area contributed by atoms with Gasteiger partial charge in [0.05, 0.1) is 22.3 Å². The molecule has 0 aliphatic heterocycles. The smallest absolute Gasteiger partial charge is 0.340 e. The van der Waals surface area contributed by atoms with E-state index < -0.39 is 51.9 Å². The van der Waals surface area contributed by atoms with Gasteiger partial charge in [0.25, 0.3) is 0 Å². The number of hydrogen-bond donors (Lipinski definition) is 4. The zero-order valence-electron chi connectivity index (χ0n) is 20.2. The number of ether oxygens (including phenoxy) is 2. The molecule has 0 bridgehead atoms. The normalized spacial score (nSPS) is 10.4. The van der Waals surface area contributed by atoms with E-state index in [2.05, 4.69) is 0 Å². The fourth-order valence-corrected chi connectivity index (χ4v) is 3.79. The molecule has 11 heteroatoms. The third kappa shape index (κ3) is 5.63. The molecule has 0 atom stereocenters. The SMILES string of the molecule is O=C(c1ccc(Oc2ccc(C(=O)O)c(C(=O)O)c2)cc1)c1ccccc1Oc1cccc(C(=O)O)c1C(=O)O. The van der Waals surface area contributed by atoms with Gasteiger partial charge in [-0.15, -0.1) is 0 Å². The lowest BCUT2D eigenvalue weighted by molar-refractivity contribution is 0.0649. The molecule has 0 heterocycles. The first kappa shape index (κ1) is 27.1. The second-order valence-corrected chi connectivity index (χ2v) is 8.16. The van der Waals surface area contributed by atoms with E-state index in [0.717, 1.165) is 18.2 Å². The number of para-hydroxylation sites is 1. The summed E-state index contributed by atoms with van der Waals surface area (Å²) in [6.45, 7) is 0. The van der Waals surface area contributed by atoms with Gasteiger partial charge in [-0.25, -0.2) is 19.2 Å². The molecule has 200 valence electrons. The average Bonchev–Trinajstić information content (AvgIpc) is 2.93. The molecule has 0 aromatic heterocycles. The Labute approximate surface area is 225 Å². The first-order valence-corrected chi connectivity index (χ1v) is 11.4. The molecular formula is C29H18O11. The summed E-state index contributed by atoms with van der Waals surface area (Å²) < 4.78 is 11.3. The Balaban J connectivity index is 1.59. The van der Waals surface area contributed by atoms with Crippen LogP contribution in [-0.2, 0) is 0 Å². The van der Waals surface area contributed by atoms with Crippen molar-refractivity contribution >= 4 is 29.7 Å². The molecule has 0 saturated carbocycles. The van der Waals surface area contributed by atoms with E-state index >= 15 is 0 Å². The third-order valence-corrected chi connectivity index (χ3v) is 5.63. The second kappa shape index (κ2) is 11.2. The molecule has 4 rings (SSSR count). The summed E-state index contributed by atoms with van der Waals surface area (Å²) in [4.78, 5) is 59.2. The van der Waals surface area contributed by atoms with Crippen LogP contribution < -0.4 is 9.47 Å². The van der Waals surface area contributed by atoms with Gasteiger partial charge in [-0.05, 0) is 66.7 Å². The average molecular weight is 542 g/mol. The minimum atomic E-state index is -1.51. The van der Waals surface area contributed by atoms with Crippen molar-refractivity contribution in [2.24, 2.45) is 0 Å². The maximum atomic E-state index is 13.3. The van der Waals surface area contributed by atoms with Gasteiger partial charge in [0.1, 0.15) is 28.6 Å². The zero-order valence-corrected chi connectivity index (χ0v) is 20.2. The predicted molar refractivity (Wildman–Crippen MR) is 137 cm³/mol. The van der Waals surface area contributed by atoms with Gasteiger partial charge in [-0.1, -0.05) is 18.2 Å². The summed E-state index contributed by atoms with van der Waals surface area (Å²) in [5, 5.41) is 37.4. The second-order valence-electron chi connectivity index (χ2n) is 8.16. The topological polar surface area (TPSA) is 185 Å². The molecule has 4 aromatic rings. The van der Waals surface area contributed by atoms with Crippen molar-refractivity contribution in [3.05, 3.63) is 118 Å². The Morgan fingerprint density at radius 3 is 1.68 bits per heavy atom. The maximum Gasteiger partial charge on any atom is 0.340 e. The number of rotatable bonds is 10. The number of benzene rings is 4. The van der Waals surface area contributed by atoms with E-state index in [-0.39, 0.29) is 34.1 Å². The number of carboxylic acid groups (broad SMARTS) is 4. The molecule has 4 aromatic carbocycles. The highest BCUT2D eigenvalue weighted by molar-refractivity contribution is 6.11. The molecule has 11 nitrogen and oxygen atoms in total. The molecule has 0 amide bonds. The van der Waals surface area contributed by atoms with E-state index in [1.165, 1.54) is 54.6 Å². The van der Waals surface area contributed by atoms with Gasteiger partial charge >= 0.3 is 23.9 Å². The summed E-state index contributed by atoms with van der Waals surface area (Å²) in [6.07, 6.45) is 0. The standard InChI is InChI=1S/C29H18O11/c30-25(15-8-10-16(11-9-15)39-17-12-13-18(26(31)32)21(14-17)28(35)36)19-4-1-2-6-22(19)40-23-7-3-5-20(27(33)34)24(23)29(37)38/h1-14H,(H,31,32)(H,33,34)(H,35,36)(H,37,38). The highest BCUT2D eigenvalue weighted by Crippen LogP contribution is 2.32. The van der Waals surface area contributed by atoms with Crippen LogP contribution in [0.3, 0.4) is 0 Å². The Kier molecular flexibility index (Phi) is 7.57. The fraction of sp³-hybridized carbons (Fsp3) is 0. The molecule has 0 fully saturated rings. The maximum absolute atomic E-state index is 13.3. The van der Waals surface area contributed by atoms with Crippen molar-refractivity contribution in [1.29, 1.82) is 0 Å². The minimum Gasteiger partial charge on any atom is -0.478 e. The molecule has 4 N–H and O–H groups in total. The van der Waals surface area contributed by atoms with Gasteiger partial charge in [-0.3, -0.25) is 4.79 Å². The number of carbonyl (C=O) groups is 5. The Bertz CT molecular complexity index is 1670. The lowest BCUT2D eigenvalue weighted by atomic mass is 10.0. The van der Waals surface area contributed by atoms with E-state index in [4.69, 9.17) is 14.6 Å². The van der Waals surface area contributed by atoms with E-state index in [0.29, 0.717) is 0 Å².